The van der Waals surface area contributed by atoms with Crippen molar-refractivity contribution >= 4 is 0 Å². The highest BCUT2D eigenvalue weighted by molar-refractivity contribution is 4.85. The molecule has 0 radical (unpaired) electrons. The molecular weight excluding hydrogens is 174 g/mol. The van der Waals surface area contributed by atoms with E-state index in [1.807, 2.05) is 0 Å². The summed E-state index contributed by atoms with van der Waals surface area (Å²) in [7, 11) is 0. The number of hydrogen-bond donors (Lipinski definition) is 1. The van der Waals surface area contributed by atoms with Crippen LogP contribution in [0.2, 0.25) is 0 Å². The highest BCUT2D eigenvalue weighted by Gasteiger charge is 2.31. The third-order valence-corrected chi connectivity index (χ3v) is 3.03. The third-order valence-electron chi connectivity index (χ3n) is 3.03. The van der Waals surface area contributed by atoms with E-state index in [9.17, 15) is 0 Å². The first-order valence-corrected chi connectivity index (χ1v) is 6.00. The molecule has 1 aliphatic heterocycles. The number of hydrogen-bond acceptors (Lipinski definition) is 2. The van der Waals surface area contributed by atoms with E-state index < -0.39 is 0 Å². The Kier molecular flexibility index (Phi) is 4.90. The molecule has 14 heavy (non-hydrogen) atoms. The molecule has 1 fully saturated rings. The fourth-order valence-corrected chi connectivity index (χ4v) is 2.33. The van der Waals surface area contributed by atoms with Crippen LogP contribution in [0.1, 0.15) is 40.5 Å². The van der Waals surface area contributed by atoms with Crippen molar-refractivity contribution in [3.8, 4) is 0 Å². The molecule has 0 amide bonds. The van der Waals surface area contributed by atoms with Gasteiger partial charge in [-0.2, -0.15) is 0 Å². The van der Waals surface area contributed by atoms with E-state index in [1.165, 1.54) is 12.8 Å². The van der Waals surface area contributed by atoms with Crippen LogP contribution in [0.15, 0.2) is 0 Å². The van der Waals surface area contributed by atoms with Crippen LogP contribution in [0, 0.1) is 11.8 Å². The van der Waals surface area contributed by atoms with Crippen LogP contribution in [-0.4, -0.2) is 25.3 Å². The van der Waals surface area contributed by atoms with Gasteiger partial charge in [0.25, 0.3) is 0 Å². The zero-order chi connectivity index (χ0) is 10.6. The summed E-state index contributed by atoms with van der Waals surface area (Å²) in [6.07, 6.45) is 2.89. The fraction of sp³-hybridized carbons (Fsp3) is 1.00. The normalized spacial score (nSPS) is 29.8. The number of likely N-dealkylation sites (N-methyl/N-ethyl adjacent to an activating group) is 1. The zero-order valence-electron chi connectivity index (χ0n) is 10.0. The standard InChI is InChI=1S/C12H25NO/c1-5-13-11(8-9(2)3)12-10(4)6-7-14-12/h9-13H,5-8H2,1-4H3. The molecule has 3 atom stereocenters. The summed E-state index contributed by atoms with van der Waals surface area (Å²) >= 11 is 0. The van der Waals surface area contributed by atoms with Crippen molar-refractivity contribution in [2.45, 2.75) is 52.7 Å². The number of rotatable bonds is 5. The summed E-state index contributed by atoms with van der Waals surface area (Å²) in [6.45, 7) is 11.0. The molecule has 84 valence electrons. The lowest BCUT2D eigenvalue weighted by Crippen LogP contribution is -2.43. The van der Waals surface area contributed by atoms with Gasteiger partial charge in [0.2, 0.25) is 0 Å². The molecule has 0 aliphatic carbocycles. The van der Waals surface area contributed by atoms with Crippen molar-refractivity contribution in [1.82, 2.24) is 5.32 Å². The molecule has 0 bridgehead atoms. The topological polar surface area (TPSA) is 21.3 Å². The minimum Gasteiger partial charge on any atom is -0.376 e. The SMILES string of the molecule is CCNC(CC(C)C)C1OCCC1C. The molecule has 0 aromatic rings. The Labute approximate surface area is 88.4 Å². The molecule has 1 heterocycles. The van der Waals surface area contributed by atoms with Crippen molar-refractivity contribution in [3.63, 3.8) is 0 Å². The minimum atomic E-state index is 0.442. The van der Waals surface area contributed by atoms with Crippen LogP contribution in [0.25, 0.3) is 0 Å². The summed E-state index contributed by atoms with van der Waals surface area (Å²) in [5.74, 6) is 1.47. The van der Waals surface area contributed by atoms with Crippen molar-refractivity contribution in [3.05, 3.63) is 0 Å². The highest BCUT2D eigenvalue weighted by atomic mass is 16.5. The van der Waals surface area contributed by atoms with E-state index in [0.29, 0.717) is 12.1 Å². The van der Waals surface area contributed by atoms with E-state index in [-0.39, 0.29) is 0 Å². The van der Waals surface area contributed by atoms with Crippen LogP contribution in [-0.2, 0) is 4.74 Å². The Morgan fingerprint density at radius 1 is 1.43 bits per heavy atom. The summed E-state index contributed by atoms with van der Waals surface area (Å²) in [5, 5.41) is 3.56. The van der Waals surface area contributed by atoms with Gasteiger partial charge < -0.3 is 10.1 Å². The van der Waals surface area contributed by atoms with Gasteiger partial charge in [0.1, 0.15) is 0 Å². The van der Waals surface area contributed by atoms with Gasteiger partial charge in [0.05, 0.1) is 6.10 Å². The minimum absolute atomic E-state index is 0.442. The van der Waals surface area contributed by atoms with Crippen LogP contribution in [0.3, 0.4) is 0 Å². The number of ether oxygens (including phenoxy) is 1. The lowest BCUT2D eigenvalue weighted by molar-refractivity contribution is 0.0548. The third kappa shape index (κ3) is 3.25. The fourth-order valence-electron chi connectivity index (χ4n) is 2.33. The molecular formula is C12H25NO. The van der Waals surface area contributed by atoms with Gasteiger partial charge in [0.15, 0.2) is 0 Å². The van der Waals surface area contributed by atoms with Crippen molar-refractivity contribution in [2.24, 2.45) is 11.8 Å². The van der Waals surface area contributed by atoms with Gasteiger partial charge in [-0.3, -0.25) is 0 Å². The average molecular weight is 199 g/mol. The Hall–Kier alpha value is -0.0800. The first kappa shape index (κ1) is 12.0. The average Bonchev–Trinajstić information content (AvgIpc) is 2.50. The molecule has 1 N–H and O–H groups in total. The number of nitrogens with one attached hydrogen (secondary N) is 1. The van der Waals surface area contributed by atoms with Crippen LogP contribution >= 0.6 is 0 Å². The second-order valence-corrected chi connectivity index (χ2v) is 4.90. The predicted octanol–water partition coefficient (Wildman–Crippen LogP) is 2.44. The van der Waals surface area contributed by atoms with Gasteiger partial charge in [-0.05, 0) is 31.2 Å². The molecule has 1 aliphatic rings. The predicted molar refractivity (Wildman–Crippen MR) is 60.4 cm³/mol. The van der Waals surface area contributed by atoms with E-state index >= 15 is 0 Å². The Bertz CT molecular complexity index is 158. The van der Waals surface area contributed by atoms with E-state index in [2.05, 4.69) is 33.0 Å². The Balaban J connectivity index is 2.47. The van der Waals surface area contributed by atoms with Crippen molar-refractivity contribution < 1.29 is 4.74 Å². The second kappa shape index (κ2) is 5.72. The summed E-state index contributed by atoms with van der Waals surface area (Å²) in [6, 6.07) is 0.553. The maximum Gasteiger partial charge on any atom is 0.0754 e. The Morgan fingerprint density at radius 3 is 2.57 bits per heavy atom. The molecule has 1 rings (SSSR count). The van der Waals surface area contributed by atoms with Crippen molar-refractivity contribution in [1.29, 1.82) is 0 Å². The quantitative estimate of drug-likeness (QED) is 0.734. The van der Waals surface area contributed by atoms with Gasteiger partial charge in [-0.15, -0.1) is 0 Å². The summed E-state index contributed by atoms with van der Waals surface area (Å²) in [4.78, 5) is 0. The molecule has 1 saturated heterocycles. The lowest BCUT2D eigenvalue weighted by Gasteiger charge is -2.28. The van der Waals surface area contributed by atoms with Crippen molar-refractivity contribution in [2.75, 3.05) is 13.2 Å². The zero-order valence-corrected chi connectivity index (χ0v) is 10.0. The second-order valence-electron chi connectivity index (χ2n) is 4.90. The molecule has 0 aromatic heterocycles. The van der Waals surface area contributed by atoms with Gasteiger partial charge in [-0.25, -0.2) is 0 Å². The molecule has 0 saturated carbocycles. The molecule has 2 heteroatoms. The van der Waals surface area contributed by atoms with Gasteiger partial charge in [-0.1, -0.05) is 27.7 Å². The molecule has 3 unspecified atom stereocenters. The smallest absolute Gasteiger partial charge is 0.0754 e. The van der Waals surface area contributed by atoms with Gasteiger partial charge in [0, 0.05) is 12.6 Å². The lowest BCUT2D eigenvalue weighted by atomic mass is 9.91. The first-order chi connectivity index (χ1) is 6.65. The van der Waals surface area contributed by atoms with Gasteiger partial charge >= 0.3 is 0 Å². The van der Waals surface area contributed by atoms with E-state index in [0.717, 1.165) is 25.0 Å². The molecule has 0 aromatic carbocycles. The van der Waals surface area contributed by atoms with Crippen LogP contribution < -0.4 is 5.32 Å². The summed E-state index contributed by atoms with van der Waals surface area (Å²) in [5.41, 5.74) is 0. The van der Waals surface area contributed by atoms with E-state index in [1.54, 1.807) is 0 Å². The first-order valence-electron chi connectivity index (χ1n) is 6.00. The maximum absolute atomic E-state index is 5.82. The summed E-state index contributed by atoms with van der Waals surface area (Å²) < 4.78 is 5.82. The Morgan fingerprint density at radius 2 is 2.14 bits per heavy atom. The monoisotopic (exact) mass is 199 g/mol. The molecule has 0 spiro atoms. The molecule has 2 nitrogen and oxygen atoms in total. The highest BCUT2D eigenvalue weighted by Crippen LogP contribution is 2.25. The van der Waals surface area contributed by atoms with Crippen LogP contribution in [0.5, 0.6) is 0 Å². The van der Waals surface area contributed by atoms with Crippen LogP contribution in [0.4, 0.5) is 0 Å². The maximum atomic E-state index is 5.82. The van der Waals surface area contributed by atoms with E-state index in [4.69, 9.17) is 4.74 Å². The largest absolute Gasteiger partial charge is 0.376 e.